The van der Waals surface area contributed by atoms with Gasteiger partial charge in [-0.25, -0.2) is 8.78 Å². The van der Waals surface area contributed by atoms with E-state index in [9.17, 15) is 8.78 Å². The molecule has 1 aromatic carbocycles. The van der Waals surface area contributed by atoms with E-state index >= 15 is 0 Å². The Morgan fingerprint density at radius 2 is 1.85 bits per heavy atom. The Labute approximate surface area is 119 Å². The molecular weight excluding hydrogens is 260 g/mol. The van der Waals surface area contributed by atoms with Gasteiger partial charge in [-0.2, -0.15) is 0 Å². The molecule has 2 N–H and O–H groups in total. The summed E-state index contributed by atoms with van der Waals surface area (Å²) in [6.45, 7) is 4.01. The predicted molar refractivity (Wildman–Crippen MR) is 76.3 cm³/mol. The SMILES string of the molecule is COc1cc(C)cc(C)c1C(N)C1CCC(F)(F)CC1. The lowest BCUT2D eigenvalue weighted by Crippen LogP contribution is -2.31. The van der Waals surface area contributed by atoms with Crippen LogP contribution in [0.5, 0.6) is 5.75 Å². The van der Waals surface area contributed by atoms with Crippen molar-refractivity contribution in [1.82, 2.24) is 0 Å². The molecule has 112 valence electrons. The quantitative estimate of drug-likeness (QED) is 0.905. The lowest BCUT2D eigenvalue weighted by Gasteiger charge is -2.33. The molecule has 1 unspecified atom stereocenters. The summed E-state index contributed by atoms with van der Waals surface area (Å²) in [6, 6.07) is 3.79. The number of hydrogen-bond donors (Lipinski definition) is 1. The molecule has 0 aromatic heterocycles. The maximum absolute atomic E-state index is 13.3. The van der Waals surface area contributed by atoms with E-state index in [4.69, 9.17) is 10.5 Å². The van der Waals surface area contributed by atoms with E-state index in [1.807, 2.05) is 19.9 Å². The molecule has 1 saturated carbocycles. The number of aryl methyl sites for hydroxylation is 2. The van der Waals surface area contributed by atoms with E-state index in [2.05, 4.69) is 6.07 Å². The van der Waals surface area contributed by atoms with Crippen LogP contribution < -0.4 is 10.5 Å². The minimum absolute atomic E-state index is 0.0570. The smallest absolute Gasteiger partial charge is 0.248 e. The fourth-order valence-electron chi connectivity index (χ4n) is 3.19. The van der Waals surface area contributed by atoms with Crippen LogP contribution in [0.3, 0.4) is 0 Å². The Balaban J connectivity index is 2.23. The molecule has 0 amide bonds. The molecule has 2 nitrogen and oxygen atoms in total. The highest BCUT2D eigenvalue weighted by Gasteiger charge is 2.37. The highest BCUT2D eigenvalue weighted by molar-refractivity contribution is 5.45. The van der Waals surface area contributed by atoms with Gasteiger partial charge in [-0.15, -0.1) is 0 Å². The van der Waals surface area contributed by atoms with Gasteiger partial charge in [0.05, 0.1) is 7.11 Å². The number of hydrogen-bond acceptors (Lipinski definition) is 2. The number of nitrogens with two attached hydrogens (primary N) is 1. The van der Waals surface area contributed by atoms with Crippen molar-refractivity contribution < 1.29 is 13.5 Å². The third kappa shape index (κ3) is 3.11. The van der Waals surface area contributed by atoms with E-state index < -0.39 is 5.92 Å². The third-order valence-electron chi connectivity index (χ3n) is 4.32. The maximum atomic E-state index is 13.3. The van der Waals surface area contributed by atoms with Gasteiger partial charge < -0.3 is 10.5 Å². The fraction of sp³-hybridized carbons (Fsp3) is 0.625. The Morgan fingerprint density at radius 3 is 2.40 bits per heavy atom. The first-order valence-corrected chi connectivity index (χ1v) is 7.12. The van der Waals surface area contributed by atoms with Crippen molar-refractivity contribution in [3.05, 3.63) is 28.8 Å². The lowest BCUT2D eigenvalue weighted by molar-refractivity contribution is -0.0484. The van der Waals surface area contributed by atoms with Crippen LogP contribution in [0.25, 0.3) is 0 Å². The Morgan fingerprint density at radius 1 is 1.25 bits per heavy atom. The first-order chi connectivity index (χ1) is 9.34. The molecule has 0 radical (unpaired) electrons. The fourth-order valence-corrected chi connectivity index (χ4v) is 3.19. The molecule has 0 spiro atoms. The predicted octanol–water partition coefficient (Wildman–Crippen LogP) is 4.14. The molecule has 1 atom stereocenters. The molecular formula is C16H23F2NO. The van der Waals surface area contributed by atoms with Crippen molar-refractivity contribution in [3.8, 4) is 5.75 Å². The second-order valence-corrected chi connectivity index (χ2v) is 5.92. The van der Waals surface area contributed by atoms with Crippen molar-refractivity contribution in [3.63, 3.8) is 0 Å². The second kappa shape index (κ2) is 5.68. The summed E-state index contributed by atoms with van der Waals surface area (Å²) in [5.41, 5.74) is 9.52. The molecule has 1 aromatic rings. The number of halogens is 2. The molecule has 0 aliphatic heterocycles. The van der Waals surface area contributed by atoms with Crippen LogP contribution in [0.1, 0.15) is 48.4 Å². The monoisotopic (exact) mass is 283 g/mol. The van der Waals surface area contributed by atoms with Gasteiger partial charge in [0.1, 0.15) is 5.75 Å². The van der Waals surface area contributed by atoms with Gasteiger partial charge >= 0.3 is 0 Å². The van der Waals surface area contributed by atoms with E-state index in [1.165, 1.54) is 0 Å². The van der Waals surface area contributed by atoms with Crippen molar-refractivity contribution in [1.29, 1.82) is 0 Å². The van der Waals surface area contributed by atoms with Gasteiger partial charge in [-0.1, -0.05) is 6.07 Å². The van der Waals surface area contributed by atoms with Crippen molar-refractivity contribution >= 4 is 0 Å². The van der Waals surface area contributed by atoms with Gasteiger partial charge in [0, 0.05) is 24.4 Å². The van der Waals surface area contributed by atoms with E-state index in [-0.39, 0.29) is 24.8 Å². The zero-order chi connectivity index (χ0) is 14.9. The van der Waals surface area contributed by atoms with Crippen LogP contribution in [-0.2, 0) is 0 Å². The molecule has 0 bridgehead atoms. The highest BCUT2D eigenvalue weighted by atomic mass is 19.3. The molecule has 0 saturated heterocycles. The van der Waals surface area contributed by atoms with E-state index in [0.717, 1.165) is 22.4 Å². The number of alkyl halides is 2. The molecule has 2 rings (SSSR count). The summed E-state index contributed by atoms with van der Waals surface area (Å²) in [5.74, 6) is -1.64. The van der Waals surface area contributed by atoms with Crippen LogP contribution in [-0.4, -0.2) is 13.0 Å². The van der Waals surface area contributed by atoms with Crippen LogP contribution >= 0.6 is 0 Å². The van der Waals surface area contributed by atoms with Gasteiger partial charge in [0.25, 0.3) is 0 Å². The first kappa shape index (κ1) is 15.2. The Hall–Kier alpha value is -1.16. The lowest BCUT2D eigenvalue weighted by atomic mass is 9.78. The summed E-state index contributed by atoms with van der Waals surface area (Å²) in [6.07, 6.45) is 0.840. The summed E-state index contributed by atoms with van der Waals surface area (Å²) in [7, 11) is 1.62. The van der Waals surface area contributed by atoms with E-state index in [1.54, 1.807) is 7.11 Å². The number of methoxy groups -OCH3 is 1. The summed E-state index contributed by atoms with van der Waals surface area (Å²) in [5, 5.41) is 0. The third-order valence-corrected chi connectivity index (χ3v) is 4.32. The second-order valence-electron chi connectivity index (χ2n) is 5.92. The number of benzene rings is 1. The van der Waals surface area contributed by atoms with Gasteiger partial charge in [0.2, 0.25) is 5.92 Å². The average molecular weight is 283 g/mol. The number of rotatable bonds is 3. The Bertz CT molecular complexity index is 478. The molecule has 0 heterocycles. The van der Waals surface area contributed by atoms with Gasteiger partial charge in [0.15, 0.2) is 0 Å². The molecule has 1 fully saturated rings. The van der Waals surface area contributed by atoms with Crippen LogP contribution in [0.4, 0.5) is 8.78 Å². The number of ether oxygens (including phenoxy) is 1. The largest absolute Gasteiger partial charge is 0.496 e. The minimum atomic E-state index is -2.51. The Kier molecular flexibility index (Phi) is 4.33. The summed E-state index contributed by atoms with van der Waals surface area (Å²) in [4.78, 5) is 0. The standard InChI is InChI=1S/C16H23F2NO/c1-10-8-11(2)14(13(9-10)20-3)15(19)12-4-6-16(17,18)7-5-12/h8-9,12,15H,4-7,19H2,1-3H3. The van der Waals surface area contributed by atoms with Gasteiger partial charge in [-0.3, -0.25) is 0 Å². The maximum Gasteiger partial charge on any atom is 0.248 e. The zero-order valence-corrected chi connectivity index (χ0v) is 12.4. The van der Waals surface area contributed by atoms with Crippen LogP contribution in [0.15, 0.2) is 12.1 Å². The highest BCUT2D eigenvalue weighted by Crippen LogP contribution is 2.43. The van der Waals surface area contributed by atoms with Crippen molar-refractivity contribution in [2.75, 3.05) is 7.11 Å². The summed E-state index contributed by atoms with van der Waals surface area (Å²) >= 11 is 0. The molecule has 1 aliphatic carbocycles. The molecule has 20 heavy (non-hydrogen) atoms. The molecule has 4 heteroatoms. The van der Waals surface area contributed by atoms with Crippen molar-refractivity contribution in [2.45, 2.75) is 51.5 Å². The zero-order valence-electron chi connectivity index (χ0n) is 12.4. The van der Waals surface area contributed by atoms with Crippen LogP contribution in [0.2, 0.25) is 0 Å². The van der Waals surface area contributed by atoms with Crippen molar-refractivity contribution in [2.24, 2.45) is 11.7 Å². The van der Waals surface area contributed by atoms with Crippen LogP contribution in [0, 0.1) is 19.8 Å². The first-order valence-electron chi connectivity index (χ1n) is 7.12. The normalized spacial score (nSPS) is 20.7. The summed E-state index contributed by atoms with van der Waals surface area (Å²) < 4.78 is 31.9. The average Bonchev–Trinajstić information content (AvgIpc) is 2.37. The van der Waals surface area contributed by atoms with Gasteiger partial charge in [-0.05, 0) is 49.8 Å². The topological polar surface area (TPSA) is 35.2 Å². The minimum Gasteiger partial charge on any atom is -0.496 e. The molecule has 1 aliphatic rings. The van der Waals surface area contributed by atoms with E-state index in [0.29, 0.717) is 12.8 Å².